The zero-order chi connectivity index (χ0) is 20.6. The summed E-state index contributed by atoms with van der Waals surface area (Å²) in [6, 6.07) is 12.5. The Bertz CT molecular complexity index is 809. The molecule has 1 aromatic heterocycles. The number of furan rings is 1. The lowest BCUT2D eigenvalue weighted by molar-refractivity contribution is 0.187. The maximum Gasteiger partial charge on any atom is 0.191 e. The molecule has 2 aliphatic rings. The lowest BCUT2D eigenvalue weighted by Gasteiger charge is -2.22. The van der Waals surface area contributed by atoms with Crippen LogP contribution in [0.15, 0.2) is 52.1 Å². The molecular formula is C23H33IN4O3. The van der Waals surface area contributed by atoms with Crippen molar-refractivity contribution in [2.24, 2.45) is 10.9 Å². The van der Waals surface area contributed by atoms with Crippen LogP contribution in [0.1, 0.15) is 18.6 Å². The number of anilines is 1. The molecule has 170 valence electrons. The number of halogens is 1. The fourth-order valence-corrected chi connectivity index (χ4v) is 4.04. The van der Waals surface area contributed by atoms with Crippen molar-refractivity contribution in [2.75, 3.05) is 51.4 Å². The predicted molar refractivity (Wildman–Crippen MR) is 134 cm³/mol. The number of hydrogen-bond acceptors (Lipinski definition) is 5. The summed E-state index contributed by atoms with van der Waals surface area (Å²) in [6.07, 6.45) is 4.70. The number of aliphatic imine (C=N–C) groups is 1. The molecule has 2 saturated heterocycles. The van der Waals surface area contributed by atoms with Crippen LogP contribution in [0.25, 0.3) is 0 Å². The second-order valence-corrected chi connectivity index (χ2v) is 7.92. The lowest BCUT2D eigenvalue weighted by atomic mass is 10.1. The summed E-state index contributed by atoms with van der Waals surface area (Å²) in [5, 5.41) is 7.12. The molecule has 0 radical (unpaired) electrons. The van der Waals surface area contributed by atoms with Crippen LogP contribution in [0.4, 0.5) is 5.69 Å². The quantitative estimate of drug-likeness (QED) is 0.304. The molecular weight excluding hydrogens is 507 g/mol. The van der Waals surface area contributed by atoms with E-state index in [0.717, 1.165) is 81.8 Å². The first-order chi connectivity index (χ1) is 14.8. The molecule has 1 aromatic carbocycles. The van der Waals surface area contributed by atoms with Gasteiger partial charge in [-0.2, -0.15) is 0 Å². The summed E-state index contributed by atoms with van der Waals surface area (Å²) < 4.78 is 16.5. The van der Waals surface area contributed by atoms with Gasteiger partial charge >= 0.3 is 0 Å². The number of hydrogen-bond donors (Lipinski definition) is 2. The minimum atomic E-state index is 0. The van der Waals surface area contributed by atoms with E-state index in [9.17, 15) is 0 Å². The van der Waals surface area contributed by atoms with Gasteiger partial charge in [0.1, 0.15) is 11.5 Å². The standard InChI is InChI=1S/C23H32N4O3.HI/c1-28-22-7-3-2-6-21(22)27-12-9-19(16-27)26-23(25-15-18-10-14-29-17-18)24-11-8-20-5-4-13-30-20;/h2-7,13,18-19H,8-12,14-17H2,1H3,(H2,24,25,26);1H. The summed E-state index contributed by atoms with van der Waals surface area (Å²) >= 11 is 0. The number of ether oxygens (including phenoxy) is 2. The van der Waals surface area contributed by atoms with Crippen molar-refractivity contribution in [3.05, 3.63) is 48.4 Å². The van der Waals surface area contributed by atoms with Gasteiger partial charge in [-0.05, 0) is 37.1 Å². The lowest BCUT2D eigenvalue weighted by Crippen LogP contribution is -2.45. The number of guanidine groups is 1. The Hall–Kier alpha value is -1.94. The fraction of sp³-hybridized carbons (Fsp3) is 0.522. The Balaban J connectivity index is 0.00000272. The molecule has 3 heterocycles. The third-order valence-electron chi connectivity index (χ3n) is 5.73. The third-order valence-corrected chi connectivity index (χ3v) is 5.73. The molecule has 2 N–H and O–H groups in total. The van der Waals surface area contributed by atoms with Crippen LogP contribution in [0.3, 0.4) is 0 Å². The number of methoxy groups -OCH3 is 1. The van der Waals surface area contributed by atoms with E-state index in [1.807, 2.05) is 24.3 Å². The normalized spacial score (nSPS) is 21.1. The highest BCUT2D eigenvalue weighted by molar-refractivity contribution is 14.0. The van der Waals surface area contributed by atoms with E-state index >= 15 is 0 Å². The molecule has 2 unspecified atom stereocenters. The van der Waals surface area contributed by atoms with Gasteiger partial charge in [-0.3, -0.25) is 4.99 Å². The number of para-hydroxylation sites is 2. The molecule has 7 nitrogen and oxygen atoms in total. The molecule has 2 aliphatic heterocycles. The average Bonchev–Trinajstić information content (AvgIpc) is 3.55. The summed E-state index contributed by atoms with van der Waals surface area (Å²) in [7, 11) is 1.73. The van der Waals surface area contributed by atoms with Crippen molar-refractivity contribution in [3.63, 3.8) is 0 Å². The highest BCUT2D eigenvalue weighted by atomic mass is 127. The molecule has 0 spiro atoms. The van der Waals surface area contributed by atoms with Crippen LogP contribution in [0.5, 0.6) is 5.75 Å². The molecule has 0 saturated carbocycles. The molecule has 4 rings (SSSR count). The molecule has 0 amide bonds. The summed E-state index contributed by atoms with van der Waals surface area (Å²) in [6.45, 7) is 5.15. The van der Waals surface area contributed by atoms with Gasteiger partial charge in [-0.15, -0.1) is 24.0 Å². The van der Waals surface area contributed by atoms with Crippen molar-refractivity contribution in [1.29, 1.82) is 0 Å². The van der Waals surface area contributed by atoms with Crippen molar-refractivity contribution < 1.29 is 13.9 Å². The molecule has 2 atom stereocenters. The SMILES string of the molecule is COc1ccccc1N1CCC(NC(=NCC2CCOC2)NCCc2ccco2)C1.I. The number of rotatable bonds is 8. The Morgan fingerprint density at radius 3 is 2.90 bits per heavy atom. The maximum absolute atomic E-state index is 5.54. The Kier molecular flexibility index (Phi) is 9.32. The van der Waals surface area contributed by atoms with Crippen molar-refractivity contribution in [1.82, 2.24) is 10.6 Å². The van der Waals surface area contributed by atoms with Crippen molar-refractivity contribution in [3.8, 4) is 5.75 Å². The maximum atomic E-state index is 5.54. The van der Waals surface area contributed by atoms with Gasteiger partial charge in [0, 0.05) is 51.2 Å². The molecule has 8 heteroatoms. The molecule has 31 heavy (non-hydrogen) atoms. The third kappa shape index (κ3) is 6.77. The minimum Gasteiger partial charge on any atom is -0.495 e. The molecule has 2 aromatic rings. The fourth-order valence-electron chi connectivity index (χ4n) is 4.04. The molecule has 0 aliphatic carbocycles. The highest BCUT2D eigenvalue weighted by Crippen LogP contribution is 2.30. The van der Waals surface area contributed by atoms with E-state index in [1.165, 1.54) is 0 Å². The monoisotopic (exact) mass is 540 g/mol. The van der Waals surface area contributed by atoms with Gasteiger partial charge in [0.05, 0.1) is 25.7 Å². The van der Waals surface area contributed by atoms with Crippen LogP contribution in [0, 0.1) is 5.92 Å². The zero-order valence-corrected chi connectivity index (χ0v) is 20.4. The van der Waals surface area contributed by atoms with Crippen molar-refractivity contribution in [2.45, 2.75) is 25.3 Å². The van der Waals surface area contributed by atoms with Crippen LogP contribution in [0.2, 0.25) is 0 Å². The first-order valence-corrected chi connectivity index (χ1v) is 10.8. The second kappa shape index (κ2) is 12.2. The Morgan fingerprint density at radius 2 is 2.13 bits per heavy atom. The van der Waals surface area contributed by atoms with Crippen molar-refractivity contribution >= 4 is 35.6 Å². The van der Waals surface area contributed by atoms with Gasteiger partial charge in [0.2, 0.25) is 0 Å². The first-order valence-electron chi connectivity index (χ1n) is 10.8. The number of nitrogens with one attached hydrogen (secondary N) is 2. The van der Waals surface area contributed by atoms with E-state index in [2.05, 4.69) is 27.7 Å². The average molecular weight is 540 g/mol. The number of nitrogens with zero attached hydrogens (tertiary/aromatic N) is 2. The summed E-state index contributed by atoms with van der Waals surface area (Å²) in [5.74, 6) is 3.29. The number of benzene rings is 1. The van der Waals surface area contributed by atoms with Gasteiger partial charge in [-0.1, -0.05) is 12.1 Å². The van der Waals surface area contributed by atoms with E-state index in [4.69, 9.17) is 18.9 Å². The van der Waals surface area contributed by atoms with Gasteiger partial charge in [0.15, 0.2) is 5.96 Å². The first kappa shape index (κ1) is 23.7. The van der Waals surface area contributed by atoms with E-state index in [-0.39, 0.29) is 24.0 Å². The van der Waals surface area contributed by atoms with Crippen LogP contribution in [-0.2, 0) is 11.2 Å². The smallest absolute Gasteiger partial charge is 0.191 e. The molecule has 2 fully saturated rings. The zero-order valence-electron chi connectivity index (χ0n) is 18.1. The second-order valence-electron chi connectivity index (χ2n) is 7.92. The van der Waals surface area contributed by atoms with E-state index < -0.39 is 0 Å². The largest absolute Gasteiger partial charge is 0.495 e. The summed E-state index contributed by atoms with van der Waals surface area (Å²) in [4.78, 5) is 7.24. The minimum absolute atomic E-state index is 0. The van der Waals surface area contributed by atoms with Gasteiger partial charge < -0.3 is 29.4 Å². The van der Waals surface area contributed by atoms with Crippen LogP contribution < -0.4 is 20.3 Å². The van der Waals surface area contributed by atoms with Gasteiger partial charge in [0.25, 0.3) is 0 Å². The Morgan fingerprint density at radius 1 is 1.23 bits per heavy atom. The van der Waals surface area contributed by atoms with Gasteiger partial charge in [-0.25, -0.2) is 0 Å². The van der Waals surface area contributed by atoms with Crippen LogP contribution in [-0.4, -0.2) is 58.5 Å². The predicted octanol–water partition coefficient (Wildman–Crippen LogP) is 3.30. The van der Waals surface area contributed by atoms with Crippen LogP contribution >= 0.6 is 24.0 Å². The topological polar surface area (TPSA) is 71.3 Å². The molecule has 0 bridgehead atoms. The van der Waals surface area contributed by atoms with E-state index in [0.29, 0.717) is 12.0 Å². The Labute approximate surface area is 201 Å². The summed E-state index contributed by atoms with van der Waals surface area (Å²) in [5.41, 5.74) is 1.15. The van der Waals surface area contributed by atoms with E-state index in [1.54, 1.807) is 13.4 Å². The highest BCUT2D eigenvalue weighted by Gasteiger charge is 2.25.